The van der Waals surface area contributed by atoms with Crippen molar-refractivity contribution in [3.8, 4) is 5.75 Å². The first-order valence-electron chi connectivity index (χ1n) is 8.72. The van der Waals surface area contributed by atoms with Gasteiger partial charge in [-0.3, -0.25) is 0 Å². The fraction of sp³-hybridized carbons (Fsp3) is 0.350. The molecule has 4 rings (SSSR count). The predicted molar refractivity (Wildman–Crippen MR) is 99.2 cm³/mol. The van der Waals surface area contributed by atoms with Crippen molar-refractivity contribution in [3.05, 3.63) is 53.2 Å². The summed E-state index contributed by atoms with van der Waals surface area (Å²) in [6.45, 7) is 5.89. The predicted octanol–water partition coefficient (Wildman–Crippen LogP) is 3.47. The molecular weight excluding hydrogens is 312 g/mol. The summed E-state index contributed by atoms with van der Waals surface area (Å²) >= 11 is 0. The van der Waals surface area contributed by atoms with Crippen molar-refractivity contribution < 1.29 is 4.74 Å². The van der Waals surface area contributed by atoms with Crippen molar-refractivity contribution in [3.63, 3.8) is 0 Å². The summed E-state index contributed by atoms with van der Waals surface area (Å²) in [7, 11) is 1.69. The minimum absolute atomic E-state index is 0.806. The zero-order valence-corrected chi connectivity index (χ0v) is 14.9. The highest BCUT2D eigenvalue weighted by molar-refractivity contribution is 5.95. The first kappa shape index (κ1) is 15.8. The maximum Gasteiger partial charge on any atom is 0.145 e. The van der Waals surface area contributed by atoms with Gasteiger partial charge in [0.2, 0.25) is 0 Å². The number of hydrogen-bond acceptors (Lipinski definition) is 5. The van der Waals surface area contributed by atoms with Crippen LogP contribution in [-0.2, 0) is 19.4 Å². The number of para-hydroxylation sites is 1. The topological polar surface area (TPSA) is 51.1 Å². The van der Waals surface area contributed by atoms with Gasteiger partial charge < -0.3 is 9.64 Å². The average Bonchev–Trinajstić information content (AvgIpc) is 2.65. The molecule has 0 fully saturated rings. The summed E-state index contributed by atoms with van der Waals surface area (Å²) in [4.78, 5) is 16.3. The highest BCUT2D eigenvalue weighted by atomic mass is 16.5. The lowest BCUT2D eigenvalue weighted by atomic mass is 10.0. The Balaban J connectivity index is 1.80. The molecule has 128 valence electrons. The molecule has 0 N–H and O–H groups in total. The monoisotopic (exact) mass is 334 g/mol. The van der Waals surface area contributed by atoms with E-state index in [1.165, 1.54) is 11.3 Å². The van der Waals surface area contributed by atoms with E-state index in [9.17, 15) is 0 Å². The number of nitrogens with zero attached hydrogens (tertiary/aromatic N) is 4. The third-order valence-corrected chi connectivity index (χ3v) is 4.78. The zero-order valence-electron chi connectivity index (χ0n) is 14.9. The van der Waals surface area contributed by atoms with Crippen LogP contribution in [0.2, 0.25) is 0 Å². The molecule has 0 amide bonds. The van der Waals surface area contributed by atoms with Crippen molar-refractivity contribution in [2.75, 3.05) is 18.6 Å². The molecule has 0 saturated carbocycles. The minimum Gasteiger partial charge on any atom is -0.494 e. The maximum absolute atomic E-state index is 5.51. The summed E-state index contributed by atoms with van der Waals surface area (Å²) in [5, 5.41) is 1.12. The number of benzene rings is 1. The Morgan fingerprint density at radius 1 is 1.24 bits per heavy atom. The van der Waals surface area contributed by atoms with Gasteiger partial charge in [0.05, 0.1) is 19.3 Å². The molecule has 0 atom stereocenters. The second-order valence-electron chi connectivity index (χ2n) is 6.42. The molecule has 1 aliphatic heterocycles. The van der Waals surface area contributed by atoms with Gasteiger partial charge in [0.15, 0.2) is 0 Å². The summed E-state index contributed by atoms with van der Waals surface area (Å²) in [5.74, 6) is 1.73. The number of pyridine rings is 1. The van der Waals surface area contributed by atoms with E-state index in [2.05, 4.69) is 28.9 Å². The lowest BCUT2D eigenvalue weighted by Crippen LogP contribution is -2.31. The number of aryl methyl sites for hydroxylation is 2. The van der Waals surface area contributed by atoms with Crippen LogP contribution in [0.5, 0.6) is 5.75 Å². The van der Waals surface area contributed by atoms with Crippen molar-refractivity contribution >= 4 is 16.6 Å². The van der Waals surface area contributed by atoms with Crippen LogP contribution in [-0.4, -0.2) is 28.6 Å². The fourth-order valence-corrected chi connectivity index (χ4v) is 3.48. The van der Waals surface area contributed by atoms with Crippen LogP contribution in [0, 0.1) is 6.92 Å². The van der Waals surface area contributed by atoms with E-state index in [1.54, 1.807) is 7.11 Å². The molecule has 25 heavy (non-hydrogen) atoms. The van der Waals surface area contributed by atoms with E-state index in [0.717, 1.165) is 59.8 Å². The Kier molecular flexibility index (Phi) is 3.99. The second-order valence-corrected chi connectivity index (χ2v) is 6.42. The van der Waals surface area contributed by atoms with Crippen LogP contribution < -0.4 is 9.64 Å². The molecule has 5 heteroatoms. The van der Waals surface area contributed by atoms with Crippen LogP contribution in [0.1, 0.15) is 29.7 Å². The summed E-state index contributed by atoms with van der Waals surface area (Å²) in [5.41, 5.74) is 5.52. The number of anilines is 1. The lowest BCUT2D eigenvalue weighted by Gasteiger charge is -2.31. The van der Waals surface area contributed by atoms with Gasteiger partial charge in [-0.1, -0.05) is 19.1 Å². The van der Waals surface area contributed by atoms with E-state index >= 15 is 0 Å². The Morgan fingerprint density at radius 2 is 2.12 bits per heavy atom. The van der Waals surface area contributed by atoms with Gasteiger partial charge in [-0.05, 0) is 31.0 Å². The molecule has 3 aromatic rings. The standard InChI is InChI=1S/C20H22N4O/c1-4-19-21-11-14-8-9-24(12-16(14)23-19)17-10-13(2)22-20-15(17)6-5-7-18(20)25-3/h5-7,10-11H,4,8-9,12H2,1-3H3. The van der Waals surface area contributed by atoms with Gasteiger partial charge in [0.1, 0.15) is 17.1 Å². The second kappa shape index (κ2) is 6.31. The molecule has 2 aromatic heterocycles. The van der Waals surface area contributed by atoms with Gasteiger partial charge in [0.25, 0.3) is 0 Å². The molecule has 1 aromatic carbocycles. The lowest BCUT2D eigenvalue weighted by molar-refractivity contribution is 0.419. The molecule has 0 bridgehead atoms. The number of fused-ring (bicyclic) bond motifs is 2. The SMILES string of the molecule is CCc1ncc2c(n1)CN(c1cc(C)nc3c(OC)cccc13)CC2. The fourth-order valence-electron chi connectivity index (χ4n) is 3.48. The molecule has 0 spiro atoms. The van der Waals surface area contributed by atoms with Gasteiger partial charge in [-0.2, -0.15) is 0 Å². The van der Waals surface area contributed by atoms with Crippen molar-refractivity contribution in [2.45, 2.75) is 33.2 Å². The highest BCUT2D eigenvalue weighted by Gasteiger charge is 2.21. The first-order valence-corrected chi connectivity index (χ1v) is 8.72. The Bertz CT molecular complexity index is 938. The quantitative estimate of drug-likeness (QED) is 0.734. The van der Waals surface area contributed by atoms with E-state index < -0.39 is 0 Å². The first-order chi connectivity index (χ1) is 12.2. The van der Waals surface area contributed by atoms with E-state index in [4.69, 9.17) is 14.7 Å². The van der Waals surface area contributed by atoms with Gasteiger partial charge in [-0.25, -0.2) is 15.0 Å². The molecule has 3 heterocycles. The summed E-state index contributed by atoms with van der Waals surface area (Å²) < 4.78 is 5.51. The van der Waals surface area contributed by atoms with Gasteiger partial charge in [0, 0.05) is 35.9 Å². The van der Waals surface area contributed by atoms with E-state index in [0.29, 0.717) is 0 Å². The Morgan fingerprint density at radius 3 is 2.92 bits per heavy atom. The molecule has 0 radical (unpaired) electrons. The smallest absolute Gasteiger partial charge is 0.145 e. The average molecular weight is 334 g/mol. The summed E-state index contributed by atoms with van der Waals surface area (Å²) in [6, 6.07) is 8.27. The van der Waals surface area contributed by atoms with Crippen molar-refractivity contribution in [1.29, 1.82) is 0 Å². The van der Waals surface area contributed by atoms with Crippen molar-refractivity contribution in [2.24, 2.45) is 0 Å². The van der Waals surface area contributed by atoms with Crippen molar-refractivity contribution in [1.82, 2.24) is 15.0 Å². The number of methoxy groups -OCH3 is 1. The zero-order chi connectivity index (χ0) is 17.4. The normalized spacial score (nSPS) is 13.8. The maximum atomic E-state index is 5.51. The minimum atomic E-state index is 0.806. The molecule has 1 aliphatic rings. The van der Waals surface area contributed by atoms with Crippen LogP contribution >= 0.6 is 0 Å². The third-order valence-electron chi connectivity index (χ3n) is 4.78. The highest BCUT2D eigenvalue weighted by Crippen LogP contribution is 2.34. The number of rotatable bonds is 3. The molecule has 0 aliphatic carbocycles. The largest absolute Gasteiger partial charge is 0.494 e. The number of aromatic nitrogens is 3. The van der Waals surface area contributed by atoms with Crippen LogP contribution in [0.4, 0.5) is 5.69 Å². The van der Waals surface area contributed by atoms with Crippen LogP contribution in [0.3, 0.4) is 0 Å². The molecular formula is C20H22N4O. The Hall–Kier alpha value is -2.69. The van der Waals surface area contributed by atoms with Crippen LogP contribution in [0.15, 0.2) is 30.5 Å². The van der Waals surface area contributed by atoms with Crippen LogP contribution in [0.25, 0.3) is 10.9 Å². The van der Waals surface area contributed by atoms with Gasteiger partial charge in [-0.15, -0.1) is 0 Å². The number of ether oxygens (including phenoxy) is 1. The van der Waals surface area contributed by atoms with E-state index in [-0.39, 0.29) is 0 Å². The van der Waals surface area contributed by atoms with E-state index in [1.807, 2.05) is 25.3 Å². The Labute approximate surface area is 147 Å². The summed E-state index contributed by atoms with van der Waals surface area (Å²) in [6.07, 6.45) is 3.82. The number of hydrogen-bond donors (Lipinski definition) is 0. The molecule has 5 nitrogen and oxygen atoms in total. The third kappa shape index (κ3) is 2.80. The molecule has 0 saturated heterocycles. The van der Waals surface area contributed by atoms with Gasteiger partial charge >= 0.3 is 0 Å². The molecule has 0 unspecified atom stereocenters.